The third kappa shape index (κ3) is 4.77. The fourth-order valence-corrected chi connectivity index (χ4v) is 2.98. The Bertz CT molecular complexity index is 1290. The van der Waals surface area contributed by atoms with Crippen molar-refractivity contribution >= 4 is 29.6 Å². The molecule has 0 fully saturated rings. The first-order valence-electron chi connectivity index (χ1n) is 9.67. The van der Waals surface area contributed by atoms with Crippen LogP contribution in [-0.4, -0.2) is 29.9 Å². The quantitative estimate of drug-likeness (QED) is 0.184. The number of para-hydroxylation sites is 1. The minimum absolute atomic E-state index is 0.00343. The maximum absolute atomic E-state index is 12.5. The highest BCUT2D eigenvalue weighted by atomic mass is 16.6. The molecule has 1 aliphatic heterocycles. The van der Waals surface area contributed by atoms with Crippen molar-refractivity contribution in [1.29, 1.82) is 0 Å². The Hall–Kier alpha value is -4.79. The van der Waals surface area contributed by atoms with Crippen LogP contribution in [0.15, 0.2) is 83.5 Å². The van der Waals surface area contributed by atoms with E-state index in [2.05, 4.69) is 4.99 Å². The second kappa shape index (κ2) is 9.15. The molecule has 1 heterocycles. The number of nitrogens with zero attached hydrogens (tertiary/aromatic N) is 2. The lowest BCUT2D eigenvalue weighted by atomic mass is 10.1. The Morgan fingerprint density at radius 1 is 1.03 bits per heavy atom. The lowest BCUT2D eigenvalue weighted by molar-refractivity contribution is -0.384. The van der Waals surface area contributed by atoms with Crippen LogP contribution in [0.4, 0.5) is 5.69 Å². The number of benzene rings is 3. The van der Waals surface area contributed by atoms with Gasteiger partial charge < -0.3 is 14.2 Å². The number of methoxy groups -OCH3 is 1. The van der Waals surface area contributed by atoms with Gasteiger partial charge in [0.2, 0.25) is 5.90 Å². The maximum atomic E-state index is 12.5. The molecule has 164 valence electrons. The molecule has 33 heavy (non-hydrogen) atoms. The van der Waals surface area contributed by atoms with Crippen LogP contribution in [0, 0.1) is 10.1 Å². The molecule has 0 amide bonds. The van der Waals surface area contributed by atoms with Gasteiger partial charge in [-0.2, -0.15) is 0 Å². The molecule has 0 N–H and O–H groups in total. The van der Waals surface area contributed by atoms with E-state index in [-0.39, 0.29) is 23.0 Å². The number of cyclic esters (lactones) is 1. The molecule has 0 aromatic heterocycles. The Labute approximate surface area is 187 Å². The van der Waals surface area contributed by atoms with E-state index >= 15 is 0 Å². The van der Waals surface area contributed by atoms with Gasteiger partial charge >= 0.3 is 11.9 Å². The summed E-state index contributed by atoms with van der Waals surface area (Å²) in [7, 11) is 1.53. The van der Waals surface area contributed by atoms with Gasteiger partial charge in [-0.25, -0.2) is 14.6 Å². The van der Waals surface area contributed by atoms with Crippen LogP contribution >= 0.6 is 0 Å². The van der Waals surface area contributed by atoms with Crippen molar-refractivity contribution in [1.82, 2.24) is 0 Å². The maximum Gasteiger partial charge on any atom is 0.363 e. The molecule has 0 saturated heterocycles. The first-order valence-corrected chi connectivity index (χ1v) is 9.67. The van der Waals surface area contributed by atoms with E-state index in [0.29, 0.717) is 22.4 Å². The van der Waals surface area contributed by atoms with Crippen LogP contribution in [0.2, 0.25) is 0 Å². The first kappa shape index (κ1) is 21.4. The predicted octanol–water partition coefficient (Wildman–Crippen LogP) is 4.17. The molecule has 9 nitrogen and oxygen atoms in total. The molecule has 1 aliphatic rings. The minimum Gasteiger partial charge on any atom is -0.497 e. The van der Waals surface area contributed by atoms with E-state index in [1.165, 1.54) is 37.5 Å². The third-order valence-corrected chi connectivity index (χ3v) is 4.69. The largest absolute Gasteiger partial charge is 0.497 e. The van der Waals surface area contributed by atoms with E-state index in [1.807, 2.05) is 0 Å². The molecule has 9 heteroatoms. The van der Waals surface area contributed by atoms with Gasteiger partial charge in [0, 0.05) is 23.3 Å². The number of esters is 2. The molecule has 0 saturated carbocycles. The van der Waals surface area contributed by atoms with E-state index in [4.69, 9.17) is 14.2 Å². The second-order valence-corrected chi connectivity index (χ2v) is 6.80. The van der Waals surface area contributed by atoms with Crippen molar-refractivity contribution in [3.63, 3.8) is 0 Å². The number of rotatable bonds is 6. The van der Waals surface area contributed by atoms with Crippen LogP contribution in [0.1, 0.15) is 21.5 Å². The summed E-state index contributed by atoms with van der Waals surface area (Å²) in [5.41, 5.74) is 1.09. The molecule has 4 rings (SSSR count). The highest BCUT2D eigenvalue weighted by molar-refractivity contribution is 6.13. The number of aliphatic imine (C=N–C) groups is 1. The average molecular weight is 444 g/mol. The third-order valence-electron chi connectivity index (χ3n) is 4.69. The summed E-state index contributed by atoms with van der Waals surface area (Å²) in [6, 6.07) is 18.6. The second-order valence-electron chi connectivity index (χ2n) is 6.80. The number of carbonyl (C=O) groups excluding carboxylic acids is 2. The molecule has 3 aromatic carbocycles. The number of non-ortho nitro benzene ring substituents is 1. The van der Waals surface area contributed by atoms with Crippen LogP contribution in [0.5, 0.6) is 11.5 Å². The van der Waals surface area contributed by atoms with Gasteiger partial charge in [-0.15, -0.1) is 0 Å². The van der Waals surface area contributed by atoms with E-state index in [0.717, 1.165) is 0 Å². The average Bonchev–Trinajstić information content (AvgIpc) is 3.20. The number of nitro groups is 1. The normalized spacial score (nSPS) is 13.9. The summed E-state index contributed by atoms with van der Waals surface area (Å²) in [6.07, 6.45) is 1.44. The van der Waals surface area contributed by atoms with Crippen LogP contribution < -0.4 is 9.47 Å². The topological polar surface area (TPSA) is 117 Å². The van der Waals surface area contributed by atoms with Gasteiger partial charge in [0.25, 0.3) is 5.69 Å². The predicted molar refractivity (Wildman–Crippen MR) is 118 cm³/mol. The highest BCUT2D eigenvalue weighted by Gasteiger charge is 2.25. The van der Waals surface area contributed by atoms with E-state index in [1.54, 1.807) is 48.5 Å². The number of ether oxygens (including phenoxy) is 3. The molecule has 0 aliphatic carbocycles. The van der Waals surface area contributed by atoms with Gasteiger partial charge in [0.05, 0.1) is 17.6 Å². The smallest absolute Gasteiger partial charge is 0.363 e. The Morgan fingerprint density at radius 2 is 1.73 bits per heavy atom. The zero-order valence-corrected chi connectivity index (χ0v) is 17.3. The van der Waals surface area contributed by atoms with Crippen molar-refractivity contribution in [3.05, 3.63) is 105 Å². The minimum atomic E-state index is -0.695. The van der Waals surface area contributed by atoms with E-state index in [9.17, 15) is 19.7 Å². The Morgan fingerprint density at radius 3 is 2.39 bits per heavy atom. The summed E-state index contributed by atoms with van der Waals surface area (Å²) in [6.45, 7) is 0. The molecule has 0 atom stereocenters. The first-order chi connectivity index (χ1) is 15.9. The van der Waals surface area contributed by atoms with Crippen molar-refractivity contribution in [2.24, 2.45) is 4.99 Å². The van der Waals surface area contributed by atoms with Crippen LogP contribution in [0.3, 0.4) is 0 Å². The summed E-state index contributed by atoms with van der Waals surface area (Å²) < 4.78 is 15.8. The lowest BCUT2D eigenvalue weighted by Gasteiger charge is -2.08. The summed E-state index contributed by atoms with van der Waals surface area (Å²) in [5, 5.41) is 10.8. The zero-order valence-electron chi connectivity index (χ0n) is 17.3. The lowest BCUT2D eigenvalue weighted by Crippen LogP contribution is -2.09. The Kier molecular flexibility index (Phi) is 5.94. The summed E-state index contributed by atoms with van der Waals surface area (Å²) in [4.78, 5) is 39.3. The van der Waals surface area contributed by atoms with Crippen LogP contribution in [0.25, 0.3) is 6.08 Å². The fraction of sp³-hybridized carbons (Fsp3) is 0.0417. The molecular weight excluding hydrogens is 428 g/mol. The highest BCUT2D eigenvalue weighted by Crippen LogP contribution is 2.26. The van der Waals surface area contributed by atoms with Gasteiger partial charge in [-0.1, -0.05) is 18.2 Å². The molecule has 3 aromatic rings. The van der Waals surface area contributed by atoms with Gasteiger partial charge in [-0.05, 0) is 48.5 Å². The Balaban J connectivity index is 1.58. The number of hydrogen-bond donors (Lipinski definition) is 0. The van der Waals surface area contributed by atoms with E-state index < -0.39 is 16.9 Å². The summed E-state index contributed by atoms with van der Waals surface area (Å²) >= 11 is 0. The molecule has 0 unspecified atom stereocenters. The van der Waals surface area contributed by atoms with Crippen LogP contribution in [-0.2, 0) is 9.53 Å². The van der Waals surface area contributed by atoms with Gasteiger partial charge in [0.1, 0.15) is 11.5 Å². The molecule has 0 bridgehead atoms. The zero-order chi connectivity index (χ0) is 23.4. The fourth-order valence-electron chi connectivity index (χ4n) is 2.98. The SMILES string of the molecule is COc1ccc(C(=O)Oc2ccccc2/C=C2/N=C(c3ccc([N+](=O)[O-])cc3)OC2=O)cc1. The molecular formula is C24H16N2O7. The summed E-state index contributed by atoms with van der Waals surface area (Å²) in [5.74, 6) is -0.406. The number of hydrogen-bond acceptors (Lipinski definition) is 8. The van der Waals surface area contributed by atoms with Crippen molar-refractivity contribution in [2.75, 3.05) is 7.11 Å². The molecule has 0 spiro atoms. The van der Waals surface area contributed by atoms with Crippen molar-refractivity contribution in [3.8, 4) is 11.5 Å². The van der Waals surface area contributed by atoms with Crippen molar-refractivity contribution < 1.29 is 28.7 Å². The molecule has 0 radical (unpaired) electrons. The standard InChI is InChI=1S/C24H16N2O7/c1-31-19-12-8-16(9-13-19)23(27)32-21-5-3-2-4-17(21)14-20-24(28)33-22(25-20)15-6-10-18(11-7-15)26(29)30/h2-14H,1H3/b20-14+. The van der Waals surface area contributed by atoms with Gasteiger partial charge in [-0.3, -0.25) is 10.1 Å². The number of carbonyl (C=O) groups is 2. The van der Waals surface area contributed by atoms with Gasteiger partial charge in [0.15, 0.2) is 5.70 Å². The van der Waals surface area contributed by atoms with Crippen molar-refractivity contribution in [2.45, 2.75) is 0 Å². The monoisotopic (exact) mass is 444 g/mol. The number of nitro benzene ring substituents is 1.